The highest BCUT2D eigenvalue weighted by atomic mass is 32.2. The summed E-state index contributed by atoms with van der Waals surface area (Å²) >= 11 is 0. The zero-order valence-corrected chi connectivity index (χ0v) is 25.6. The van der Waals surface area contributed by atoms with Crippen LogP contribution >= 0.6 is 0 Å². The molecule has 222 valence electrons. The van der Waals surface area contributed by atoms with Gasteiger partial charge in [-0.1, -0.05) is 6.08 Å². The number of hydrogen-bond acceptors (Lipinski definition) is 7. The van der Waals surface area contributed by atoms with Gasteiger partial charge in [-0.25, -0.2) is 12.4 Å². The molecule has 3 aromatic rings. The Morgan fingerprint density at radius 3 is 2.38 bits per heavy atom. The molecule has 5 rings (SSSR count). The van der Waals surface area contributed by atoms with Crippen LogP contribution < -0.4 is 15.8 Å². The van der Waals surface area contributed by atoms with E-state index in [0.717, 1.165) is 11.3 Å². The van der Waals surface area contributed by atoms with Gasteiger partial charge in [-0.15, -0.1) is 6.58 Å². The molecule has 0 radical (unpaired) electrons. The number of hydrogen-bond donors (Lipinski definition) is 2. The largest absolute Gasteiger partial charge is 0.348 e. The van der Waals surface area contributed by atoms with Crippen molar-refractivity contribution in [1.82, 2.24) is 24.1 Å². The maximum atomic E-state index is 14.0. The van der Waals surface area contributed by atoms with Gasteiger partial charge in [-0.05, 0) is 83.5 Å². The van der Waals surface area contributed by atoms with Gasteiger partial charge in [-0.3, -0.25) is 14.5 Å². The summed E-state index contributed by atoms with van der Waals surface area (Å²) in [6.07, 6.45) is 12.3. The van der Waals surface area contributed by atoms with Gasteiger partial charge in [0.2, 0.25) is 10.0 Å². The van der Waals surface area contributed by atoms with Gasteiger partial charge in [0.1, 0.15) is 0 Å². The van der Waals surface area contributed by atoms with Gasteiger partial charge in [0.25, 0.3) is 11.5 Å². The van der Waals surface area contributed by atoms with Crippen molar-refractivity contribution in [2.24, 2.45) is 0 Å². The normalized spacial score (nSPS) is 16.0. The number of rotatable bonds is 10. The maximum Gasteiger partial charge on any atom is 0.253 e. The third-order valence-corrected chi connectivity index (χ3v) is 10.4. The van der Waals surface area contributed by atoms with E-state index < -0.39 is 20.7 Å². The number of aromatic amines is 1. The number of anilines is 1. The van der Waals surface area contributed by atoms with E-state index in [1.165, 1.54) is 3.97 Å². The van der Waals surface area contributed by atoms with Crippen LogP contribution in [-0.4, -0.2) is 58.6 Å². The van der Waals surface area contributed by atoms with Crippen molar-refractivity contribution in [3.63, 3.8) is 0 Å². The number of nitrogens with one attached hydrogen (secondary N) is 2. The first-order valence-electron chi connectivity index (χ1n) is 13.9. The number of aromatic nitrogens is 2. The molecule has 1 aliphatic carbocycles. The second kappa shape index (κ2) is 11.0. The van der Waals surface area contributed by atoms with Crippen LogP contribution in [0.5, 0.6) is 0 Å². The van der Waals surface area contributed by atoms with Crippen LogP contribution in [0.1, 0.15) is 52.0 Å². The molecule has 1 fully saturated rings. The molecule has 0 atom stereocenters. The molecule has 42 heavy (non-hydrogen) atoms. The third-order valence-electron chi connectivity index (χ3n) is 7.92. The minimum absolute atomic E-state index is 0.0372. The first-order valence-corrected chi connectivity index (χ1v) is 15.4. The monoisotopic (exact) mass is 590 g/mol. The molecule has 0 saturated heterocycles. The fraction of sp³-hybridized carbons (Fsp3) is 0.355. The zero-order valence-electron chi connectivity index (χ0n) is 24.8. The minimum atomic E-state index is -3.78. The number of nitrogens with zero attached hydrogens (tertiary/aromatic N) is 4. The van der Waals surface area contributed by atoms with Crippen molar-refractivity contribution in [2.75, 3.05) is 25.7 Å². The molecule has 11 heteroatoms. The Morgan fingerprint density at radius 1 is 1.10 bits per heavy atom. The predicted molar refractivity (Wildman–Crippen MR) is 167 cm³/mol. The highest BCUT2D eigenvalue weighted by Crippen LogP contribution is 2.49. The van der Waals surface area contributed by atoms with E-state index >= 15 is 0 Å². The molecule has 1 saturated carbocycles. The molecule has 0 spiro atoms. The molecule has 1 aliphatic heterocycles. The quantitative estimate of drug-likeness (QED) is 0.343. The predicted octanol–water partition coefficient (Wildman–Crippen LogP) is 4.05. The van der Waals surface area contributed by atoms with Crippen LogP contribution in [-0.2, 0) is 16.6 Å². The smallest absolute Gasteiger partial charge is 0.253 e. The fourth-order valence-electron chi connectivity index (χ4n) is 5.59. The average Bonchev–Trinajstić information content (AvgIpc) is 3.64. The molecular weight excluding hydrogens is 552 g/mol. The Bertz CT molecular complexity index is 1780. The third kappa shape index (κ3) is 5.30. The Kier molecular flexibility index (Phi) is 7.67. The van der Waals surface area contributed by atoms with Gasteiger partial charge in [0.15, 0.2) is 0 Å². The molecular formula is C31H38N6O4S. The minimum Gasteiger partial charge on any atom is -0.348 e. The summed E-state index contributed by atoms with van der Waals surface area (Å²) in [5.74, 6) is -0.397. The number of pyridine rings is 1. The molecule has 0 unspecified atom stereocenters. The lowest BCUT2D eigenvalue weighted by Crippen LogP contribution is -2.30. The van der Waals surface area contributed by atoms with Gasteiger partial charge in [-0.2, -0.15) is 0 Å². The SMILES string of the molecule is C=CCC1(S(=O)(=O)n2cc(C)c3c(C(=O)NCc4c(C)cc(C)[nH]c4=O)cc(N4C=CN(CN(C)C)C=C4)cc32)CC1. The maximum absolute atomic E-state index is 14.0. The number of fused-ring (bicyclic) bond motifs is 1. The molecule has 10 nitrogen and oxygen atoms in total. The van der Waals surface area contributed by atoms with Crippen LogP contribution in [0, 0.1) is 20.8 Å². The molecule has 2 aromatic heterocycles. The Morgan fingerprint density at radius 2 is 1.79 bits per heavy atom. The molecule has 1 aromatic carbocycles. The number of carbonyl (C=O) groups excluding carboxylic acids is 1. The van der Waals surface area contributed by atoms with Crippen molar-refractivity contribution in [3.8, 4) is 0 Å². The second-order valence-electron chi connectivity index (χ2n) is 11.5. The molecule has 0 bridgehead atoms. The number of H-pyrrole nitrogens is 1. The van der Waals surface area contributed by atoms with E-state index in [9.17, 15) is 18.0 Å². The van der Waals surface area contributed by atoms with Crippen LogP contribution in [0.3, 0.4) is 0 Å². The first-order chi connectivity index (χ1) is 19.9. The van der Waals surface area contributed by atoms with Gasteiger partial charge in [0.05, 0.1) is 22.5 Å². The van der Waals surface area contributed by atoms with Crippen molar-refractivity contribution >= 4 is 32.5 Å². The lowest BCUT2D eigenvalue weighted by atomic mass is 10.0. The number of benzene rings is 1. The Labute approximate surface area is 246 Å². The summed E-state index contributed by atoms with van der Waals surface area (Å²) in [7, 11) is 0.184. The van der Waals surface area contributed by atoms with E-state index in [2.05, 4.69) is 16.9 Å². The summed E-state index contributed by atoms with van der Waals surface area (Å²) in [6.45, 7) is 9.97. The number of amides is 1. The first kappa shape index (κ1) is 29.4. The van der Waals surface area contributed by atoms with Crippen LogP contribution in [0.4, 0.5) is 5.69 Å². The number of aryl methyl sites for hydroxylation is 3. The molecule has 1 amide bonds. The van der Waals surface area contributed by atoms with Crippen LogP contribution in [0.2, 0.25) is 0 Å². The summed E-state index contributed by atoms with van der Waals surface area (Å²) in [5.41, 5.74) is 3.84. The van der Waals surface area contributed by atoms with E-state index in [4.69, 9.17) is 0 Å². The number of allylic oxidation sites excluding steroid dienone is 1. The second-order valence-corrected chi connectivity index (χ2v) is 13.8. The van der Waals surface area contributed by atoms with E-state index in [0.29, 0.717) is 59.2 Å². The average molecular weight is 591 g/mol. The highest BCUT2D eigenvalue weighted by Gasteiger charge is 2.54. The molecule has 2 N–H and O–H groups in total. The lowest BCUT2D eigenvalue weighted by Gasteiger charge is -2.27. The van der Waals surface area contributed by atoms with Crippen molar-refractivity contribution < 1.29 is 13.2 Å². The highest BCUT2D eigenvalue weighted by molar-refractivity contribution is 7.91. The summed E-state index contributed by atoms with van der Waals surface area (Å²) in [6, 6.07) is 5.44. The van der Waals surface area contributed by atoms with E-state index in [-0.39, 0.29) is 12.1 Å². The van der Waals surface area contributed by atoms with Crippen molar-refractivity contribution in [3.05, 3.63) is 100 Å². The standard InChI is InChI=1S/C31H38N6O4S/c1-7-8-31(9-10-31)42(40,41)37-19-22(3)28-25(29(38)32-18-26-21(2)15-23(4)33-30(26)39)16-24(17-27(28)37)36-13-11-35(12-14-36)20-34(5)6/h7,11-17,19H,1,8-10,18,20H2,2-6H3,(H,32,38)(H,33,39). The summed E-state index contributed by atoms with van der Waals surface area (Å²) in [5, 5.41) is 3.46. The topological polar surface area (TPSA) is 111 Å². The van der Waals surface area contributed by atoms with Crippen molar-refractivity contribution in [1.29, 1.82) is 0 Å². The number of carbonyl (C=O) groups is 1. The van der Waals surface area contributed by atoms with Gasteiger partial charge >= 0.3 is 0 Å². The molecule has 2 aliphatic rings. The Hall–Kier alpha value is -4.09. The van der Waals surface area contributed by atoms with Gasteiger partial charge < -0.3 is 20.1 Å². The Balaban J connectivity index is 1.60. The van der Waals surface area contributed by atoms with E-state index in [1.54, 1.807) is 18.3 Å². The van der Waals surface area contributed by atoms with Crippen LogP contribution in [0.15, 0.2) is 66.6 Å². The van der Waals surface area contributed by atoms with E-state index in [1.807, 2.05) is 86.5 Å². The fourth-order valence-corrected chi connectivity index (χ4v) is 7.65. The summed E-state index contributed by atoms with van der Waals surface area (Å²) in [4.78, 5) is 35.1. The zero-order chi connectivity index (χ0) is 30.4. The molecule has 3 heterocycles. The van der Waals surface area contributed by atoms with Crippen LogP contribution in [0.25, 0.3) is 10.9 Å². The summed E-state index contributed by atoms with van der Waals surface area (Å²) < 4.78 is 28.4. The van der Waals surface area contributed by atoms with Gasteiger partial charge in [0, 0.05) is 59.9 Å². The lowest BCUT2D eigenvalue weighted by molar-refractivity contribution is 0.0952. The van der Waals surface area contributed by atoms with Crippen molar-refractivity contribution in [2.45, 2.75) is 51.3 Å².